The van der Waals surface area contributed by atoms with Crippen molar-refractivity contribution in [3.63, 3.8) is 0 Å². The second kappa shape index (κ2) is 3.93. The lowest BCUT2D eigenvalue weighted by Gasteiger charge is -2.59. The van der Waals surface area contributed by atoms with E-state index in [1.54, 1.807) is 0 Å². The molecule has 1 aliphatic heterocycles. The standard InChI is InChI=1S/C19H28O2/c1-18-8-7-14-12(13(18)5-6-17(18)20)4-3-11-9-15-16(21-15)10-19(11,14)2/h11-16H,3-10H2,1-2H3/t11-,12+,13+,14+,15+,16-,18+,19+/m1/s1. The van der Waals surface area contributed by atoms with Crippen molar-refractivity contribution in [3.05, 3.63) is 0 Å². The van der Waals surface area contributed by atoms with Crippen molar-refractivity contribution in [2.75, 3.05) is 0 Å². The van der Waals surface area contributed by atoms with E-state index >= 15 is 0 Å². The Bertz CT molecular complexity index is 500. The summed E-state index contributed by atoms with van der Waals surface area (Å²) < 4.78 is 5.88. The summed E-state index contributed by atoms with van der Waals surface area (Å²) in [5.41, 5.74) is 0.547. The second-order valence-corrected chi connectivity index (χ2v) is 9.23. The van der Waals surface area contributed by atoms with Gasteiger partial charge in [0.2, 0.25) is 0 Å². The van der Waals surface area contributed by atoms with E-state index in [0.29, 0.717) is 29.3 Å². The molecule has 0 spiro atoms. The van der Waals surface area contributed by atoms with E-state index in [9.17, 15) is 4.79 Å². The number of fused-ring (bicyclic) bond motifs is 6. The number of rotatable bonds is 0. The maximum absolute atomic E-state index is 12.4. The van der Waals surface area contributed by atoms with Gasteiger partial charge >= 0.3 is 0 Å². The molecule has 0 bridgehead atoms. The van der Waals surface area contributed by atoms with E-state index in [0.717, 1.165) is 30.6 Å². The topological polar surface area (TPSA) is 29.6 Å². The molecule has 0 N–H and O–H groups in total. The molecule has 1 heterocycles. The number of carbonyl (C=O) groups is 1. The minimum atomic E-state index is 0.0393. The van der Waals surface area contributed by atoms with Gasteiger partial charge in [-0.1, -0.05) is 13.8 Å². The van der Waals surface area contributed by atoms with Crippen molar-refractivity contribution in [1.82, 2.24) is 0 Å². The zero-order valence-corrected chi connectivity index (χ0v) is 13.4. The van der Waals surface area contributed by atoms with Gasteiger partial charge in [-0.25, -0.2) is 0 Å². The van der Waals surface area contributed by atoms with Crippen LogP contribution in [0.5, 0.6) is 0 Å². The highest BCUT2D eigenvalue weighted by Crippen LogP contribution is 2.67. The Morgan fingerprint density at radius 1 is 1.05 bits per heavy atom. The van der Waals surface area contributed by atoms with E-state index in [1.807, 2.05) is 0 Å². The Hall–Kier alpha value is -0.370. The summed E-state index contributed by atoms with van der Waals surface area (Å²) in [5, 5.41) is 0. The van der Waals surface area contributed by atoms with Crippen LogP contribution < -0.4 is 0 Å². The third-order valence-electron chi connectivity index (χ3n) is 8.62. The first kappa shape index (κ1) is 13.1. The zero-order valence-electron chi connectivity index (χ0n) is 13.4. The molecule has 2 nitrogen and oxygen atoms in total. The molecule has 0 amide bonds. The number of ketones is 1. The third kappa shape index (κ3) is 1.56. The Balaban J connectivity index is 1.49. The maximum atomic E-state index is 12.4. The molecule has 8 atom stereocenters. The first-order chi connectivity index (χ1) is 10.0. The lowest BCUT2D eigenvalue weighted by Crippen LogP contribution is -2.53. The Kier molecular flexibility index (Phi) is 2.45. The van der Waals surface area contributed by atoms with Crippen molar-refractivity contribution in [1.29, 1.82) is 0 Å². The summed E-state index contributed by atoms with van der Waals surface area (Å²) in [6.45, 7) is 4.87. The molecule has 0 radical (unpaired) electrons. The largest absolute Gasteiger partial charge is 0.370 e. The fourth-order valence-corrected chi connectivity index (χ4v) is 7.29. The lowest BCUT2D eigenvalue weighted by atomic mass is 9.45. The molecule has 5 rings (SSSR count). The number of hydrogen-bond acceptors (Lipinski definition) is 2. The molecule has 0 aromatic rings. The quantitative estimate of drug-likeness (QED) is 0.631. The Morgan fingerprint density at radius 2 is 1.90 bits per heavy atom. The van der Waals surface area contributed by atoms with Crippen LogP contribution >= 0.6 is 0 Å². The highest BCUT2D eigenvalue weighted by molar-refractivity contribution is 5.87. The normalized spacial score (nSPS) is 61.5. The van der Waals surface area contributed by atoms with E-state index in [2.05, 4.69) is 13.8 Å². The van der Waals surface area contributed by atoms with Crippen LogP contribution in [0, 0.1) is 34.5 Å². The fourth-order valence-electron chi connectivity index (χ4n) is 7.29. The van der Waals surface area contributed by atoms with Crippen LogP contribution in [-0.2, 0) is 9.53 Å². The number of epoxide rings is 1. The molecule has 0 unspecified atom stereocenters. The number of hydrogen-bond donors (Lipinski definition) is 0. The van der Waals surface area contributed by atoms with Gasteiger partial charge in [0.25, 0.3) is 0 Å². The summed E-state index contributed by atoms with van der Waals surface area (Å²) in [4.78, 5) is 12.4. The van der Waals surface area contributed by atoms with Gasteiger partial charge in [0.15, 0.2) is 0 Å². The van der Waals surface area contributed by atoms with E-state index in [4.69, 9.17) is 4.74 Å². The first-order valence-electron chi connectivity index (χ1n) is 9.21. The van der Waals surface area contributed by atoms with Crippen LogP contribution in [0.1, 0.15) is 65.2 Å². The van der Waals surface area contributed by atoms with Gasteiger partial charge in [-0.2, -0.15) is 0 Å². The van der Waals surface area contributed by atoms with Crippen LogP contribution in [0.25, 0.3) is 0 Å². The van der Waals surface area contributed by atoms with Crippen LogP contribution in [0.3, 0.4) is 0 Å². The van der Waals surface area contributed by atoms with Gasteiger partial charge in [-0.05, 0) is 74.0 Å². The van der Waals surface area contributed by atoms with E-state index in [1.165, 1.54) is 38.5 Å². The maximum Gasteiger partial charge on any atom is 0.139 e. The van der Waals surface area contributed by atoms with Gasteiger partial charge in [-0.15, -0.1) is 0 Å². The molecule has 2 heteroatoms. The van der Waals surface area contributed by atoms with Crippen molar-refractivity contribution in [2.45, 2.75) is 77.4 Å². The number of Topliss-reactive ketones (excluding diaryl/α,β-unsaturated/α-hetero) is 1. The van der Waals surface area contributed by atoms with Gasteiger partial charge in [-0.3, -0.25) is 4.79 Å². The zero-order chi connectivity index (χ0) is 14.4. The molecule has 5 aliphatic rings. The van der Waals surface area contributed by atoms with Crippen LogP contribution in [-0.4, -0.2) is 18.0 Å². The monoisotopic (exact) mass is 288 g/mol. The number of carbonyl (C=O) groups excluding carboxylic acids is 1. The predicted molar refractivity (Wildman–Crippen MR) is 80.8 cm³/mol. The highest BCUT2D eigenvalue weighted by atomic mass is 16.6. The molecule has 116 valence electrons. The van der Waals surface area contributed by atoms with Gasteiger partial charge < -0.3 is 4.74 Å². The molecule has 0 aromatic heterocycles. The van der Waals surface area contributed by atoms with Crippen LogP contribution in [0.2, 0.25) is 0 Å². The third-order valence-corrected chi connectivity index (χ3v) is 8.62. The molecule has 1 saturated heterocycles. The van der Waals surface area contributed by atoms with Gasteiger partial charge in [0.1, 0.15) is 5.78 Å². The van der Waals surface area contributed by atoms with Crippen molar-refractivity contribution in [2.24, 2.45) is 34.5 Å². The average Bonchev–Trinajstić information content (AvgIpc) is 3.12. The second-order valence-electron chi connectivity index (χ2n) is 9.23. The summed E-state index contributed by atoms with van der Waals surface area (Å²) in [7, 11) is 0. The summed E-state index contributed by atoms with van der Waals surface area (Å²) in [6.07, 6.45) is 11.1. The molecule has 4 saturated carbocycles. The van der Waals surface area contributed by atoms with Crippen LogP contribution in [0.4, 0.5) is 0 Å². The molecular formula is C19H28O2. The molecular weight excluding hydrogens is 260 g/mol. The van der Waals surface area contributed by atoms with Crippen molar-refractivity contribution in [3.8, 4) is 0 Å². The molecule has 21 heavy (non-hydrogen) atoms. The minimum Gasteiger partial charge on any atom is -0.370 e. The highest BCUT2D eigenvalue weighted by Gasteiger charge is 2.63. The van der Waals surface area contributed by atoms with Crippen LogP contribution in [0.15, 0.2) is 0 Å². The van der Waals surface area contributed by atoms with Crippen molar-refractivity contribution >= 4 is 5.78 Å². The van der Waals surface area contributed by atoms with Crippen molar-refractivity contribution < 1.29 is 9.53 Å². The summed E-state index contributed by atoms with van der Waals surface area (Å²) >= 11 is 0. The van der Waals surface area contributed by atoms with E-state index in [-0.39, 0.29) is 5.41 Å². The summed E-state index contributed by atoms with van der Waals surface area (Å²) in [5.74, 6) is 3.85. The predicted octanol–water partition coefficient (Wildman–Crippen LogP) is 3.98. The Labute approximate surface area is 128 Å². The smallest absolute Gasteiger partial charge is 0.139 e. The number of ether oxygens (including phenoxy) is 1. The van der Waals surface area contributed by atoms with Gasteiger partial charge in [0, 0.05) is 11.8 Å². The molecule has 0 aromatic carbocycles. The Morgan fingerprint density at radius 3 is 2.76 bits per heavy atom. The van der Waals surface area contributed by atoms with Gasteiger partial charge in [0.05, 0.1) is 12.2 Å². The molecule has 5 fully saturated rings. The average molecular weight is 288 g/mol. The summed E-state index contributed by atoms with van der Waals surface area (Å²) in [6, 6.07) is 0. The molecule has 4 aliphatic carbocycles. The SMILES string of the molecule is C[C@]12C[C@H]3O[C@H]3C[C@H]1CC[C@@H]1[C@@H]2CC[C@]2(C)C(=O)CC[C@@H]12. The lowest BCUT2D eigenvalue weighted by molar-refractivity contribution is -0.137. The minimum absolute atomic E-state index is 0.0393. The fraction of sp³-hybridized carbons (Fsp3) is 0.947. The first-order valence-corrected chi connectivity index (χ1v) is 9.21. The van der Waals surface area contributed by atoms with E-state index < -0.39 is 0 Å².